The predicted octanol–water partition coefficient (Wildman–Crippen LogP) is 1.00. The number of hydrogen-bond acceptors (Lipinski definition) is 5. The average molecular weight is 282 g/mol. The van der Waals surface area contributed by atoms with Gasteiger partial charge in [0.1, 0.15) is 4.70 Å². The van der Waals surface area contributed by atoms with Crippen molar-refractivity contribution in [3.8, 4) is 0 Å². The number of nitrogens with zero attached hydrogens (tertiary/aromatic N) is 3. The number of nitrogens with one attached hydrogen (secondary N) is 1. The lowest BCUT2D eigenvalue weighted by molar-refractivity contribution is 0.284. The van der Waals surface area contributed by atoms with Crippen molar-refractivity contribution in [3.05, 3.63) is 26.6 Å². The first-order chi connectivity index (χ1) is 8.66. The second-order valence-corrected chi connectivity index (χ2v) is 5.77. The summed E-state index contributed by atoms with van der Waals surface area (Å²) in [6.07, 6.45) is 0. The summed E-state index contributed by atoms with van der Waals surface area (Å²) in [5.74, 6) is 0. The maximum absolute atomic E-state index is 12.4. The van der Waals surface area contributed by atoms with E-state index in [9.17, 15) is 4.79 Å². The number of rotatable bonds is 1. The lowest BCUT2D eigenvalue weighted by Gasteiger charge is -2.34. The van der Waals surface area contributed by atoms with Crippen LogP contribution in [-0.4, -0.2) is 47.8 Å². The van der Waals surface area contributed by atoms with Crippen molar-refractivity contribution in [1.82, 2.24) is 14.6 Å². The summed E-state index contributed by atoms with van der Waals surface area (Å²) < 4.78 is 2.83. The van der Waals surface area contributed by atoms with Gasteiger partial charge in [0, 0.05) is 26.2 Å². The van der Waals surface area contributed by atoms with E-state index < -0.39 is 0 Å². The van der Waals surface area contributed by atoms with Gasteiger partial charge in [-0.3, -0.25) is 4.79 Å². The number of piperazine rings is 1. The van der Waals surface area contributed by atoms with Crippen molar-refractivity contribution in [1.29, 1.82) is 0 Å². The van der Waals surface area contributed by atoms with Crippen LogP contribution in [0.4, 0.5) is 0 Å². The molecule has 0 bridgehead atoms. The Kier molecular flexibility index (Phi) is 2.96. The zero-order valence-electron chi connectivity index (χ0n) is 10.0. The Morgan fingerprint density at radius 3 is 2.78 bits per heavy atom. The van der Waals surface area contributed by atoms with Crippen LogP contribution < -0.4 is 10.6 Å². The maximum atomic E-state index is 12.4. The maximum Gasteiger partial charge on any atom is 0.291 e. The van der Waals surface area contributed by atoms with E-state index in [0.29, 0.717) is 4.77 Å². The molecule has 96 valence electrons. The topological polar surface area (TPSA) is 44.3 Å². The van der Waals surface area contributed by atoms with Gasteiger partial charge in [-0.05, 0) is 30.7 Å². The minimum atomic E-state index is -0.00620. The zero-order chi connectivity index (χ0) is 12.7. The quantitative estimate of drug-likeness (QED) is 0.793. The van der Waals surface area contributed by atoms with Gasteiger partial charge >= 0.3 is 0 Å². The van der Waals surface area contributed by atoms with Crippen LogP contribution in [0, 0.1) is 4.77 Å². The number of fused-ring (bicyclic) bond motifs is 1. The molecule has 3 heterocycles. The SMILES string of the molecule is CN1CCN(n2c(=S)[nH]c3ccsc3c2=O)CC1. The van der Waals surface area contributed by atoms with E-state index in [1.807, 2.05) is 16.5 Å². The number of likely N-dealkylation sites (N-methyl/N-ethyl adjacent to an activating group) is 1. The molecule has 0 saturated carbocycles. The summed E-state index contributed by atoms with van der Waals surface area (Å²) in [6.45, 7) is 3.54. The molecule has 0 spiro atoms. The van der Waals surface area contributed by atoms with Crippen molar-refractivity contribution in [3.63, 3.8) is 0 Å². The monoisotopic (exact) mass is 282 g/mol. The second-order valence-electron chi connectivity index (χ2n) is 4.47. The molecule has 1 aliphatic heterocycles. The highest BCUT2D eigenvalue weighted by Crippen LogP contribution is 2.14. The molecule has 2 aromatic heterocycles. The Balaban J connectivity index is 2.11. The van der Waals surface area contributed by atoms with Gasteiger partial charge in [-0.1, -0.05) is 0 Å². The first kappa shape index (κ1) is 11.9. The van der Waals surface area contributed by atoms with Gasteiger partial charge in [-0.2, -0.15) is 4.68 Å². The third kappa shape index (κ3) is 1.88. The van der Waals surface area contributed by atoms with Crippen LogP contribution >= 0.6 is 23.6 Å². The summed E-state index contributed by atoms with van der Waals surface area (Å²) in [7, 11) is 2.09. The normalized spacial score (nSPS) is 17.5. The molecule has 7 heteroatoms. The van der Waals surface area contributed by atoms with Gasteiger partial charge in [0.25, 0.3) is 5.56 Å². The highest BCUT2D eigenvalue weighted by Gasteiger charge is 2.17. The van der Waals surface area contributed by atoms with E-state index in [4.69, 9.17) is 12.2 Å². The number of aromatic amines is 1. The number of hydrogen-bond donors (Lipinski definition) is 1. The molecule has 0 atom stereocenters. The first-order valence-corrected chi connectivity index (χ1v) is 7.12. The van der Waals surface area contributed by atoms with Crippen molar-refractivity contribution >= 4 is 33.8 Å². The third-order valence-electron chi connectivity index (χ3n) is 3.25. The summed E-state index contributed by atoms with van der Waals surface area (Å²) in [5, 5.41) is 3.94. The number of H-pyrrole nitrogens is 1. The molecular formula is C11H14N4OS2. The molecule has 1 fully saturated rings. The predicted molar refractivity (Wildman–Crippen MR) is 76.7 cm³/mol. The van der Waals surface area contributed by atoms with E-state index in [1.54, 1.807) is 4.68 Å². The van der Waals surface area contributed by atoms with Crippen molar-refractivity contribution in [2.75, 3.05) is 38.2 Å². The van der Waals surface area contributed by atoms with Crippen molar-refractivity contribution < 1.29 is 0 Å². The number of aromatic nitrogens is 2. The fourth-order valence-corrected chi connectivity index (χ4v) is 3.26. The van der Waals surface area contributed by atoms with Crippen LogP contribution in [0.3, 0.4) is 0 Å². The zero-order valence-corrected chi connectivity index (χ0v) is 11.7. The smallest absolute Gasteiger partial charge is 0.291 e. The van der Waals surface area contributed by atoms with Crippen LogP contribution in [0.15, 0.2) is 16.2 Å². The standard InChI is InChI=1S/C11H14N4OS2/c1-13-3-5-14(6-4-13)15-10(16)9-8(2-7-18-9)12-11(15)17/h2,7H,3-6H2,1H3,(H,12,17). The molecule has 0 amide bonds. The molecular weight excluding hydrogens is 268 g/mol. The van der Waals surface area contributed by atoms with Crippen LogP contribution in [0.1, 0.15) is 0 Å². The Morgan fingerprint density at radius 1 is 1.33 bits per heavy atom. The molecule has 2 aromatic rings. The van der Waals surface area contributed by atoms with Gasteiger partial charge in [0.2, 0.25) is 0 Å². The number of thiophene rings is 1. The summed E-state index contributed by atoms with van der Waals surface area (Å²) in [6, 6.07) is 1.89. The van der Waals surface area contributed by atoms with E-state index in [-0.39, 0.29) is 5.56 Å². The van der Waals surface area contributed by atoms with Crippen LogP contribution in [0.5, 0.6) is 0 Å². The molecule has 0 aromatic carbocycles. The fourth-order valence-electron chi connectivity index (χ4n) is 2.18. The van der Waals surface area contributed by atoms with E-state index in [0.717, 1.165) is 36.4 Å². The minimum Gasteiger partial charge on any atom is -0.329 e. The molecule has 3 rings (SSSR count). The van der Waals surface area contributed by atoms with Crippen molar-refractivity contribution in [2.24, 2.45) is 0 Å². The van der Waals surface area contributed by atoms with Gasteiger partial charge in [0.05, 0.1) is 5.52 Å². The molecule has 0 radical (unpaired) electrons. The first-order valence-electron chi connectivity index (χ1n) is 5.83. The molecule has 1 saturated heterocycles. The van der Waals surface area contributed by atoms with Crippen LogP contribution in [0.25, 0.3) is 10.2 Å². The lowest BCUT2D eigenvalue weighted by Crippen LogP contribution is -2.53. The Bertz CT molecular complexity index is 678. The largest absolute Gasteiger partial charge is 0.329 e. The van der Waals surface area contributed by atoms with Gasteiger partial charge < -0.3 is 14.9 Å². The lowest BCUT2D eigenvalue weighted by atomic mass is 10.4. The molecule has 1 N–H and O–H groups in total. The Morgan fingerprint density at radius 2 is 2.06 bits per heavy atom. The molecule has 0 aliphatic carbocycles. The highest BCUT2D eigenvalue weighted by molar-refractivity contribution is 7.71. The van der Waals surface area contributed by atoms with Gasteiger partial charge in [-0.25, -0.2) is 0 Å². The Labute approximate surface area is 113 Å². The highest BCUT2D eigenvalue weighted by atomic mass is 32.1. The van der Waals surface area contributed by atoms with Gasteiger partial charge in [-0.15, -0.1) is 11.3 Å². The fraction of sp³-hybridized carbons (Fsp3) is 0.455. The van der Waals surface area contributed by atoms with E-state index >= 15 is 0 Å². The second kappa shape index (κ2) is 4.49. The van der Waals surface area contributed by atoms with Crippen molar-refractivity contribution in [2.45, 2.75) is 0 Å². The molecule has 1 aliphatic rings. The summed E-state index contributed by atoms with van der Waals surface area (Å²) in [5.41, 5.74) is 0.827. The van der Waals surface area contributed by atoms with E-state index in [2.05, 4.69) is 16.9 Å². The summed E-state index contributed by atoms with van der Waals surface area (Å²) in [4.78, 5) is 17.8. The Hall–Kier alpha value is -1.18. The molecule has 0 unspecified atom stereocenters. The summed E-state index contributed by atoms with van der Waals surface area (Å²) >= 11 is 6.75. The van der Waals surface area contributed by atoms with Crippen LogP contribution in [0.2, 0.25) is 0 Å². The third-order valence-corrected chi connectivity index (χ3v) is 4.43. The molecule has 18 heavy (non-hydrogen) atoms. The average Bonchev–Trinajstić information content (AvgIpc) is 2.80. The van der Waals surface area contributed by atoms with Gasteiger partial charge in [0.15, 0.2) is 4.77 Å². The van der Waals surface area contributed by atoms with Crippen LogP contribution in [-0.2, 0) is 0 Å². The minimum absolute atomic E-state index is 0.00620. The molecule has 5 nitrogen and oxygen atoms in total. The van der Waals surface area contributed by atoms with E-state index in [1.165, 1.54) is 11.3 Å².